The number of amides is 3. The molecule has 3 fully saturated rings. The lowest BCUT2D eigenvalue weighted by Gasteiger charge is -2.32. The van der Waals surface area contributed by atoms with Crippen molar-refractivity contribution in [2.75, 3.05) is 39.3 Å². The van der Waals surface area contributed by atoms with Crippen molar-refractivity contribution >= 4 is 17.7 Å². The number of nitrogens with zero attached hydrogens (tertiary/aromatic N) is 3. The van der Waals surface area contributed by atoms with Gasteiger partial charge in [-0.25, -0.2) is 0 Å². The average molecular weight is 489 g/mol. The molecule has 36 heavy (non-hydrogen) atoms. The number of rotatable bonds is 7. The van der Waals surface area contributed by atoms with Gasteiger partial charge in [-0.05, 0) is 50.3 Å². The van der Waals surface area contributed by atoms with Gasteiger partial charge in [0, 0.05) is 50.7 Å². The van der Waals surface area contributed by atoms with Crippen molar-refractivity contribution in [2.45, 2.75) is 44.7 Å². The molecule has 3 aliphatic rings. The van der Waals surface area contributed by atoms with Crippen molar-refractivity contribution in [2.24, 2.45) is 5.92 Å². The molecule has 2 unspecified atom stereocenters. The van der Waals surface area contributed by atoms with Crippen molar-refractivity contribution in [1.82, 2.24) is 20.0 Å². The lowest BCUT2D eigenvalue weighted by molar-refractivity contribution is -0.137. The first-order chi connectivity index (χ1) is 17.5. The molecule has 1 N–H and O–H groups in total. The van der Waals surface area contributed by atoms with Crippen LogP contribution in [0.3, 0.4) is 0 Å². The smallest absolute Gasteiger partial charge is 0.254 e. The normalized spacial score (nSPS) is 21.9. The second-order valence-electron chi connectivity index (χ2n) is 10.3. The van der Waals surface area contributed by atoms with E-state index in [0.717, 1.165) is 37.9 Å². The summed E-state index contributed by atoms with van der Waals surface area (Å²) in [6.45, 7) is 5.80. The first kappa shape index (κ1) is 24.5. The molecule has 2 aromatic carbocycles. The van der Waals surface area contributed by atoms with Crippen LogP contribution in [0.1, 0.15) is 40.7 Å². The fraction of sp³-hybridized carbons (Fsp3) is 0.483. The highest BCUT2D eigenvalue weighted by Gasteiger charge is 2.46. The molecule has 0 radical (unpaired) electrons. The van der Waals surface area contributed by atoms with Crippen LogP contribution in [0.2, 0.25) is 0 Å². The van der Waals surface area contributed by atoms with Crippen LogP contribution in [0.5, 0.6) is 0 Å². The van der Waals surface area contributed by atoms with Crippen molar-refractivity contribution in [3.05, 3.63) is 71.3 Å². The number of piperazine rings is 1. The zero-order valence-corrected chi connectivity index (χ0v) is 21.1. The molecule has 1 aliphatic carbocycles. The summed E-state index contributed by atoms with van der Waals surface area (Å²) in [4.78, 5) is 46.3. The van der Waals surface area contributed by atoms with Crippen LogP contribution in [0.25, 0.3) is 0 Å². The van der Waals surface area contributed by atoms with E-state index in [1.165, 1.54) is 5.56 Å². The predicted octanol–water partition coefficient (Wildman–Crippen LogP) is 2.49. The summed E-state index contributed by atoms with van der Waals surface area (Å²) in [7, 11) is 0. The Balaban J connectivity index is 1.39. The molecule has 2 saturated heterocycles. The molecule has 2 heterocycles. The van der Waals surface area contributed by atoms with Gasteiger partial charge in [-0.1, -0.05) is 48.0 Å². The van der Waals surface area contributed by atoms with Gasteiger partial charge in [-0.15, -0.1) is 0 Å². The Morgan fingerprint density at radius 3 is 2.33 bits per heavy atom. The molecule has 2 atom stereocenters. The van der Waals surface area contributed by atoms with E-state index in [1.54, 1.807) is 4.90 Å². The molecule has 0 spiro atoms. The molecule has 190 valence electrons. The second-order valence-corrected chi connectivity index (χ2v) is 10.3. The minimum absolute atomic E-state index is 0.00124. The first-order valence-electron chi connectivity index (χ1n) is 13.2. The number of hydrogen-bond donors (Lipinski definition) is 1. The monoisotopic (exact) mass is 488 g/mol. The lowest BCUT2D eigenvalue weighted by atomic mass is 10.1. The number of aryl methyl sites for hydroxylation is 1. The molecular weight excluding hydrogens is 452 g/mol. The summed E-state index contributed by atoms with van der Waals surface area (Å²) in [6.07, 6.45) is 3.12. The predicted molar refractivity (Wildman–Crippen MR) is 138 cm³/mol. The summed E-state index contributed by atoms with van der Waals surface area (Å²) in [5.41, 5.74) is 2.86. The van der Waals surface area contributed by atoms with Crippen molar-refractivity contribution in [1.29, 1.82) is 0 Å². The highest BCUT2D eigenvalue weighted by Crippen LogP contribution is 2.34. The molecule has 1 saturated carbocycles. The number of nitrogens with one attached hydrogen (secondary N) is 1. The summed E-state index contributed by atoms with van der Waals surface area (Å²) >= 11 is 0. The van der Waals surface area contributed by atoms with Crippen molar-refractivity contribution in [3.63, 3.8) is 0 Å². The van der Waals surface area contributed by atoms with Crippen LogP contribution in [0.4, 0.5) is 0 Å². The van der Waals surface area contributed by atoms with Crippen LogP contribution < -0.4 is 5.32 Å². The lowest BCUT2D eigenvalue weighted by Crippen LogP contribution is -2.53. The molecule has 7 nitrogen and oxygen atoms in total. The minimum Gasteiger partial charge on any atom is -0.338 e. The van der Waals surface area contributed by atoms with Gasteiger partial charge in [-0.2, -0.15) is 0 Å². The zero-order chi connectivity index (χ0) is 25.1. The SMILES string of the molecule is Cc1ccc(C(=O)N2CC(N(CCc3ccccc3)C(=O)C3CC3)CC2C(=O)N2CCNCC2)cc1. The van der Waals surface area contributed by atoms with E-state index in [1.807, 2.05) is 59.2 Å². The molecule has 7 heteroatoms. The number of carbonyl (C=O) groups is 3. The molecule has 5 rings (SSSR count). The number of hydrogen-bond acceptors (Lipinski definition) is 4. The summed E-state index contributed by atoms with van der Waals surface area (Å²) < 4.78 is 0. The van der Waals surface area contributed by atoms with Gasteiger partial charge in [0.05, 0.1) is 6.04 Å². The van der Waals surface area contributed by atoms with Gasteiger partial charge < -0.3 is 20.0 Å². The van der Waals surface area contributed by atoms with Crippen molar-refractivity contribution < 1.29 is 14.4 Å². The Hall–Kier alpha value is -3.19. The average Bonchev–Trinajstić information content (AvgIpc) is 3.68. The van der Waals surface area contributed by atoms with Crippen LogP contribution >= 0.6 is 0 Å². The largest absolute Gasteiger partial charge is 0.338 e. The summed E-state index contributed by atoms with van der Waals surface area (Å²) in [5.74, 6) is 0.132. The van der Waals surface area contributed by atoms with E-state index in [0.29, 0.717) is 38.2 Å². The Kier molecular flexibility index (Phi) is 7.37. The molecule has 0 aromatic heterocycles. The molecule has 2 aliphatic heterocycles. The fourth-order valence-corrected chi connectivity index (χ4v) is 5.39. The van der Waals surface area contributed by atoms with Gasteiger partial charge in [0.25, 0.3) is 5.91 Å². The molecule has 0 bridgehead atoms. The van der Waals surface area contributed by atoms with Crippen molar-refractivity contribution in [3.8, 4) is 0 Å². The van der Waals surface area contributed by atoms with E-state index in [4.69, 9.17) is 0 Å². The molecular formula is C29H36N4O3. The third-order valence-corrected chi connectivity index (χ3v) is 7.69. The van der Waals surface area contributed by atoms with E-state index in [2.05, 4.69) is 17.4 Å². The Morgan fingerprint density at radius 2 is 1.67 bits per heavy atom. The zero-order valence-electron chi connectivity index (χ0n) is 21.1. The number of likely N-dealkylation sites (tertiary alicyclic amines) is 1. The number of benzene rings is 2. The fourth-order valence-electron chi connectivity index (χ4n) is 5.39. The van der Waals surface area contributed by atoms with Crippen LogP contribution in [0, 0.1) is 12.8 Å². The Morgan fingerprint density at radius 1 is 0.972 bits per heavy atom. The van der Waals surface area contributed by atoms with Gasteiger partial charge in [0.1, 0.15) is 6.04 Å². The first-order valence-corrected chi connectivity index (χ1v) is 13.2. The third kappa shape index (κ3) is 5.46. The van der Waals surface area contributed by atoms with E-state index < -0.39 is 6.04 Å². The van der Waals surface area contributed by atoms with E-state index in [9.17, 15) is 14.4 Å². The summed E-state index contributed by atoms with van der Waals surface area (Å²) in [6, 6.07) is 17.0. The van der Waals surface area contributed by atoms with Crippen LogP contribution in [-0.2, 0) is 16.0 Å². The van der Waals surface area contributed by atoms with E-state index >= 15 is 0 Å². The van der Waals surface area contributed by atoms with Crippen LogP contribution in [0.15, 0.2) is 54.6 Å². The van der Waals surface area contributed by atoms with E-state index in [-0.39, 0.29) is 29.7 Å². The Labute approximate surface area is 213 Å². The van der Waals surface area contributed by atoms with Gasteiger partial charge in [0.15, 0.2) is 0 Å². The maximum absolute atomic E-state index is 13.7. The minimum atomic E-state index is -0.548. The Bertz CT molecular complexity index is 1080. The van der Waals surface area contributed by atoms with Crippen LogP contribution in [-0.4, -0.2) is 83.8 Å². The quantitative estimate of drug-likeness (QED) is 0.650. The standard InChI is InChI=1S/C29H36N4O3/c1-21-7-9-23(10-8-21)28(35)33-20-25(19-26(33)29(36)31-17-14-30-15-18-31)32(27(34)24-11-12-24)16-13-22-5-3-2-4-6-22/h2-10,24-26,30H,11-20H2,1H3. The molecule has 2 aromatic rings. The highest BCUT2D eigenvalue weighted by molar-refractivity contribution is 5.98. The number of carbonyl (C=O) groups excluding carboxylic acids is 3. The third-order valence-electron chi connectivity index (χ3n) is 7.69. The molecule has 3 amide bonds. The van der Waals surface area contributed by atoms with Gasteiger partial charge >= 0.3 is 0 Å². The maximum Gasteiger partial charge on any atom is 0.254 e. The maximum atomic E-state index is 13.7. The summed E-state index contributed by atoms with van der Waals surface area (Å²) in [5, 5.41) is 3.29. The highest BCUT2D eigenvalue weighted by atomic mass is 16.2. The van der Waals surface area contributed by atoms with Gasteiger partial charge in [-0.3, -0.25) is 14.4 Å². The van der Waals surface area contributed by atoms with Gasteiger partial charge in [0.2, 0.25) is 11.8 Å². The topological polar surface area (TPSA) is 73.0 Å². The second kappa shape index (κ2) is 10.8.